The van der Waals surface area contributed by atoms with Gasteiger partial charge in [-0.15, -0.1) is 0 Å². The van der Waals surface area contributed by atoms with Gasteiger partial charge in [-0.05, 0) is 13.8 Å². The summed E-state index contributed by atoms with van der Waals surface area (Å²) in [5, 5.41) is 0. The van der Waals surface area contributed by atoms with Crippen LogP contribution in [0.15, 0.2) is 24.4 Å². The third-order valence-electron chi connectivity index (χ3n) is 2.76. The molecule has 0 aromatic carbocycles. The Morgan fingerprint density at radius 1 is 1.28 bits per heavy atom. The second kappa shape index (κ2) is 6.74. The maximum Gasteiger partial charge on any atom is 0.601 e. The molecule has 1 amide bonds. The van der Waals surface area contributed by atoms with E-state index in [1.54, 1.807) is 29.3 Å². The summed E-state index contributed by atoms with van der Waals surface area (Å²) < 4.78 is 6.02. The minimum absolute atomic E-state index is 0.00357. The molecule has 5 heteroatoms. The van der Waals surface area contributed by atoms with Gasteiger partial charge in [0.2, 0.25) is 11.6 Å². The van der Waals surface area contributed by atoms with Crippen LogP contribution in [0, 0.1) is 0 Å². The summed E-state index contributed by atoms with van der Waals surface area (Å²) in [5.74, 6) is 0.00357. The number of nitrogens with zero attached hydrogens (tertiary/aromatic N) is 2. The van der Waals surface area contributed by atoms with Gasteiger partial charge >= 0.3 is 6.09 Å². The molecule has 0 aliphatic carbocycles. The van der Waals surface area contributed by atoms with E-state index in [9.17, 15) is 9.59 Å². The topological polar surface area (TPSA) is 50.5 Å². The molecule has 0 fully saturated rings. The second-order valence-corrected chi connectivity index (χ2v) is 3.77. The van der Waals surface area contributed by atoms with Crippen LogP contribution in [0.1, 0.15) is 19.5 Å². The zero-order valence-electron chi connectivity index (χ0n) is 11.0. The minimum Gasteiger partial charge on any atom is -0.415 e. The van der Waals surface area contributed by atoms with Gasteiger partial charge in [-0.2, -0.15) is 4.79 Å². The number of likely N-dealkylation sites (N-methyl/N-ethyl adjacent to an activating group) is 1. The first kappa shape index (κ1) is 14.2. The molecule has 0 bridgehead atoms. The van der Waals surface area contributed by atoms with Crippen LogP contribution in [0.5, 0.6) is 0 Å². The molecule has 0 atom stereocenters. The lowest BCUT2D eigenvalue weighted by molar-refractivity contribution is -0.593. The van der Waals surface area contributed by atoms with E-state index >= 15 is 0 Å². The van der Waals surface area contributed by atoms with E-state index in [0.29, 0.717) is 18.8 Å². The van der Waals surface area contributed by atoms with Crippen molar-refractivity contribution in [2.75, 3.05) is 20.2 Å². The van der Waals surface area contributed by atoms with Crippen LogP contribution in [-0.4, -0.2) is 37.1 Å². The average Bonchev–Trinajstić information content (AvgIpc) is 2.40. The molecule has 5 nitrogen and oxygen atoms in total. The van der Waals surface area contributed by atoms with Gasteiger partial charge in [0.05, 0.1) is 7.11 Å². The zero-order valence-corrected chi connectivity index (χ0v) is 11.0. The molecule has 0 saturated carbocycles. The highest BCUT2D eigenvalue weighted by Gasteiger charge is 2.23. The van der Waals surface area contributed by atoms with Crippen LogP contribution in [0.4, 0.5) is 4.79 Å². The molecular formula is C13H19N2O3+. The maximum absolute atomic E-state index is 12.0. The maximum atomic E-state index is 12.0. The van der Waals surface area contributed by atoms with Gasteiger partial charge in [0.25, 0.3) is 0 Å². The third kappa shape index (κ3) is 3.29. The molecule has 98 valence electrons. The summed E-state index contributed by atoms with van der Waals surface area (Å²) in [6, 6.07) is 5.27. The molecule has 1 aromatic rings. The van der Waals surface area contributed by atoms with Crippen molar-refractivity contribution in [3.63, 3.8) is 0 Å². The Balaban J connectivity index is 2.90. The Morgan fingerprint density at radius 2 is 1.94 bits per heavy atom. The lowest BCUT2D eigenvalue weighted by Crippen LogP contribution is -2.47. The van der Waals surface area contributed by atoms with E-state index < -0.39 is 6.09 Å². The summed E-state index contributed by atoms with van der Waals surface area (Å²) in [6.45, 7) is 5.20. The number of pyridine rings is 1. The number of carbonyl (C=O) groups excluding carboxylic acids is 2. The monoisotopic (exact) mass is 251 g/mol. The number of ether oxygens (including phenoxy) is 1. The number of hydrogen-bond donors (Lipinski definition) is 0. The summed E-state index contributed by atoms with van der Waals surface area (Å²) in [5.41, 5.74) is 0.626. The lowest BCUT2D eigenvalue weighted by Gasteiger charge is -2.17. The largest absolute Gasteiger partial charge is 0.601 e. The molecule has 0 aliphatic rings. The molecule has 0 unspecified atom stereocenters. The Bertz CT molecular complexity index is 428. The normalized spacial score (nSPS) is 9.94. The van der Waals surface area contributed by atoms with E-state index in [-0.39, 0.29) is 12.3 Å². The van der Waals surface area contributed by atoms with Crippen molar-refractivity contribution in [2.45, 2.75) is 20.3 Å². The van der Waals surface area contributed by atoms with Crippen molar-refractivity contribution in [1.29, 1.82) is 0 Å². The Morgan fingerprint density at radius 3 is 2.50 bits per heavy atom. The van der Waals surface area contributed by atoms with E-state index in [4.69, 9.17) is 0 Å². The molecule has 1 aromatic heterocycles. The standard InChI is InChI=1S/C13H19N2O3/c1-4-14(5-2)12(16)10-11-8-6-7-9-15(11)13(17)18-3/h6-9H,4-5,10H2,1-3H3/q+1. The molecule has 0 saturated heterocycles. The first-order valence-corrected chi connectivity index (χ1v) is 5.99. The number of aromatic nitrogens is 1. The first-order valence-electron chi connectivity index (χ1n) is 5.99. The third-order valence-corrected chi connectivity index (χ3v) is 2.76. The average molecular weight is 251 g/mol. The van der Waals surface area contributed by atoms with Gasteiger partial charge in [-0.1, -0.05) is 10.6 Å². The van der Waals surface area contributed by atoms with Crippen LogP contribution in [0.25, 0.3) is 0 Å². The van der Waals surface area contributed by atoms with E-state index in [0.717, 1.165) is 0 Å². The number of rotatable bonds is 4. The Hall–Kier alpha value is -1.91. The van der Waals surface area contributed by atoms with Crippen molar-refractivity contribution < 1.29 is 18.9 Å². The van der Waals surface area contributed by atoms with Gasteiger partial charge in [0.15, 0.2) is 6.20 Å². The van der Waals surface area contributed by atoms with Crippen molar-refractivity contribution in [1.82, 2.24) is 4.90 Å². The van der Waals surface area contributed by atoms with Gasteiger partial charge in [0.1, 0.15) is 6.42 Å². The van der Waals surface area contributed by atoms with Gasteiger partial charge < -0.3 is 9.64 Å². The Kier molecular flexibility index (Phi) is 5.30. The van der Waals surface area contributed by atoms with E-state index in [1.165, 1.54) is 11.7 Å². The van der Waals surface area contributed by atoms with Crippen molar-refractivity contribution in [3.05, 3.63) is 30.1 Å². The summed E-state index contributed by atoms with van der Waals surface area (Å²) in [7, 11) is 1.32. The predicted molar refractivity (Wildman–Crippen MR) is 66.1 cm³/mol. The van der Waals surface area contributed by atoms with Crippen molar-refractivity contribution >= 4 is 12.0 Å². The molecule has 1 rings (SSSR count). The van der Waals surface area contributed by atoms with Crippen molar-refractivity contribution in [3.8, 4) is 0 Å². The molecule has 1 heterocycles. The predicted octanol–water partition coefficient (Wildman–Crippen LogP) is 1.000. The summed E-state index contributed by atoms with van der Waals surface area (Å²) >= 11 is 0. The molecule has 0 spiro atoms. The van der Waals surface area contributed by atoms with Crippen molar-refractivity contribution in [2.24, 2.45) is 0 Å². The number of amides is 1. The fraction of sp³-hybridized carbons (Fsp3) is 0.462. The fourth-order valence-electron chi connectivity index (χ4n) is 1.74. The molecule has 0 aliphatic heterocycles. The summed E-state index contributed by atoms with van der Waals surface area (Å²) in [4.78, 5) is 25.3. The smallest absolute Gasteiger partial charge is 0.415 e. The quantitative estimate of drug-likeness (QED) is 0.750. The molecule has 18 heavy (non-hydrogen) atoms. The highest BCUT2D eigenvalue weighted by molar-refractivity contribution is 5.78. The number of hydrogen-bond acceptors (Lipinski definition) is 3. The van der Waals surface area contributed by atoms with E-state index in [2.05, 4.69) is 4.74 Å². The van der Waals surface area contributed by atoms with Crippen LogP contribution in [-0.2, 0) is 16.0 Å². The van der Waals surface area contributed by atoms with Crippen LogP contribution in [0.3, 0.4) is 0 Å². The van der Waals surface area contributed by atoms with E-state index in [1.807, 2.05) is 13.8 Å². The first-order chi connectivity index (χ1) is 8.63. The highest BCUT2D eigenvalue weighted by Crippen LogP contribution is 1.99. The van der Waals surface area contributed by atoms with Crippen LogP contribution >= 0.6 is 0 Å². The fourth-order valence-corrected chi connectivity index (χ4v) is 1.74. The van der Waals surface area contributed by atoms with Gasteiger partial charge in [0, 0.05) is 25.2 Å². The number of carbonyl (C=O) groups is 2. The lowest BCUT2D eigenvalue weighted by atomic mass is 10.2. The van der Waals surface area contributed by atoms with Crippen LogP contribution < -0.4 is 4.57 Å². The Labute approximate surface area is 107 Å². The zero-order chi connectivity index (χ0) is 13.5. The second-order valence-electron chi connectivity index (χ2n) is 3.77. The van der Waals surface area contributed by atoms with Crippen LogP contribution in [0.2, 0.25) is 0 Å². The summed E-state index contributed by atoms with van der Waals surface area (Å²) in [6.07, 6.45) is 1.30. The molecular weight excluding hydrogens is 232 g/mol. The highest BCUT2D eigenvalue weighted by atomic mass is 16.5. The van der Waals surface area contributed by atoms with Gasteiger partial charge in [-0.25, -0.2) is 0 Å². The van der Waals surface area contributed by atoms with Gasteiger partial charge in [-0.3, -0.25) is 4.79 Å². The number of methoxy groups -OCH3 is 1. The SMILES string of the molecule is CCN(CC)C(=O)Cc1cccc[n+]1C(=O)OC. The minimum atomic E-state index is -0.488. The molecule has 0 radical (unpaired) electrons. The molecule has 0 N–H and O–H groups in total.